The highest BCUT2D eigenvalue weighted by Crippen LogP contribution is 2.18. The third-order valence-electron chi connectivity index (χ3n) is 5.85. The van der Waals surface area contributed by atoms with Crippen LogP contribution in [-0.2, 0) is 17.8 Å². The fourth-order valence-electron chi connectivity index (χ4n) is 4.16. The molecule has 0 saturated carbocycles. The fourth-order valence-corrected chi connectivity index (χ4v) is 4.16. The van der Waals surface area contributed by atoms with Gasteiger partial charge >= 0.3 is 0 Å². The maximum atomic E-state index is 12.9. The first-order chi connectivity index (χ1) is 15.3. The summed E-state index contributed by atoms with van der Waals surface area (Å²) in [7, 11) is 0. The van der Waals surface area contributed by atoms with Gasteiger partial charge in [0.05, 0.1) is 23.8 Å². The van der Waals surface area contributed by atoms with Gasteiger partial charge in [0, 0.05) is 56.1 Å². The Morgan fingerprint density at radius 2 is 1.71 bits per heavy atom. The monoisotopic (exact) mass is 411 g/mol. The van der Waals surface area contributed by atoms with E-state index in [1.165, 1.54) is 5.56 Å². The number of nitrogens with zero attached hydrogens (tertiary/aromatic N) is 5. The number of fused-ring (bicyclic) bond motifs is 1. The molecular formula is C25H25N5O. The van der Waals surface area contributed by atoms with Crippen molar-refractivity contribution in [3.8, 4) is 5.69 Å². The molecule has 6 heteroatoms. The van der Waals surface area contributed by atoms with Gasteiger partial charge in [0.25, 0.3) is 0 Å². The zero-order valence-corrected chi connectivity index (χ0v) is 17.4. The Morgan fingerprint density at radius 3 is 2.55 bits per heavy atom. The first kappa shape index (κ1) is 19.5. The van der Waals surface area contributed by atoms with E-state index in [0.717, 1.165) is 54.9 Å². The highest BCUT2D eigenvalue weighted by atomic mass is 16.2. The summed E-state index contributed by atoms with van der Waals surface area (Å²) >= 11 is 0. The lowest BCUT2D eigenvalue weighted by molar-refractivity contribution is -0.132. The predicted molar refractivity (Wildman–Crippen MR) is 121 cm³/mol. The second-order valence-electron chi connectivity index (χ2n) is 7.95. The maximum absolute atomic E-state index is 12.9. The molecule has 0 bridgehead atoms. The van der Waals surface area contributed by atoms with Crippen LogP contribution in [0.2, 0.25) is 0 Å². The van der Waals surface area contributed by atoms with Gasteiger partial charge in [-0.2, -0.15) is 5.10 Å². The molecule has 0 N–H and O–H groups in total. The molecule has 1 aliphatic heterocycles. The summed E-state index contributed by atoms with van der Waals surface area (Å²) in [5.41, 5.74) is 4.17. The van der Waals surface area contributed by atoms with Crippen molar-refractivity contribution >= 4 is 16.8 Å². The molecule has 1 aliphatic rings. The van der Waals surface area contributed by atoms with E-state index in [2.05, 4.69) is 21.2 Å². The number of carbonyl (C=O) groups excluding carboxylic acids is 1. The number of para-hydroxylation sites is 2. The van der Waals surface area contributed by atoms with Crippen LogP contribution in [0.4, 0.5) is 0 Å². The molecule has 0 spiro atoms. The maximum Gasteiger partial charge on any atom is 0.227 e. The van der Waals surface area contributed by atoms with E-state index in [4.69, 9.17) is 0 Å². The predicted octanol–water partition coefficient (Wildman–Crippen LogP) is 3.31. The molecule has 6 nitrogen and oxygen atoms in total. The Hall–Kier alpha value is -3.51. The van der Waals surface area contributed by atoms with Gasteiger partial charge in [-0.1, -0.05) is 42.5 Å². The van der Waals surface area contributed by atoms with Gasteiger partial charge < -0.3 is 4.90 Å². The van der Waals surface area contributed by atoms with Crippen LogP contribution in [0.15, 0.2) is 79.3 Å². The second-order valence-corrected chi connectivity index (χ2v) is 7.95. The first-order valence-electron chi connectivity index (χ1n) is 10.7. The lowest BCUT2D eigenvalue weighted by atomic mass is 10.1. The van der Waals surface area contributed by atoms with Gasteiger partial charge in [0.15, 0.2) is 0 Å². The minimum Gasteiger partial charge on any atom is -0.340 e. The summed E-state index contributed by atoms with van der Waals surface area (Å²) < 4.78 is 1.91. The van der Waals surface area contributed by atoms with Crippen molar-refractivity contribution in [2.75, 3.05) is 26.2 Å². The highest BCUT2D eigenvalue weighted by molar-refractivity contribution is 5.87. The van der Waals surface area contributed by atoms with Crippen LogP contribution in [0.1, 0.15) is 11.1 Å². The fraction of sp³-hybridized carbons (Fsp3) is 0.240. The van der Waals surface area contributed by atoms with Crippen LogP contribution >= 0.6 is 0 Å². The molecule has 31 heavy (non-hydrogen) atoms. The minimum absolute atomic E-state index is 0.176. The summed E-state index contributed by atoms with van der Waals surface area (Å²) in [6.07, 6.45) is 6.20. The largest absolute Gasteiger partial charge is 0.340 e. The van der Waals surface area contributed by atoms with Gasteiger partial charge in [0.1, 0.15) is 0 Å². The summed E-state index contributed by atoms with van der Waals surface area (Å²) in [6, 6.07) is 20.1. The summed E-state index contributed by atoms with van der Waals surface area (Å²) in [6.45, 7) is 4.10. The molecular weight excluding hydrogens is 386 g/mol. The summed E-state index contributed by atoms with van der Waals surface area (Å²) in [4.78, 5) is 21.7. The topological polar surface area (TPSA) is 54.3 Å². The Kier molecular flexibility index (Phi) is 5.46. The van der Waals surface area contributed by atoms with Crippen LogP contribution in [0, 0.1) is 0 Å². The van der Waals surface area contributed by atoms with E-state index in [-0.39, 0.29) is 5.91 Å². The van der Waals surface area contributed by atoms with Gasteiger partial charge in [-0.15, -0.1) is 0 Å². The Labute approximate surface area is 181 Å². The second kappa shape index (κ2) is 8.70. The van der Waals surface area contributed by atoms with E-state index in [9.17, 15) is 4.79 Å². The van der Waals surface area contributed by atoms with E-state index in [0.29, 0.717) is 6.42 Å². The normalized spacial score (nSPS) is 14.8. The third-order valence-corrected chi connectivity index (χ3v) is 5.85. The number of hydrogen-bond acceptors (Lipinski definition) is 4. The number of aromatic nitrogens is 3. The standard InChI is InChI=1S/C25H25N5O/c31-24(16-22-7-4-6-21-8-5-11-26-25(21)22)29-14-12-28(13-15-29)18-20-17-27-30(19-20)23-9-2-1-3-10-23/h1-11,17,19H,12-16,18H2. The van der Waals surface area contributed by atoms with E-state index in [1.807, 2.05) is 76.4 Å². The molecule has 0 atom stereocenters. The van der Waals surface area contributed by atoms with Crippen molar-refractivity contribution in [3.05, 3.63) is 90.4 Å². The molecule has 3 heterocycles. The van der Waals surface area contributed by atoms with Gasteiger partial charge in [-0.3, -0.25) is 14.7 Å². The number of piperazine rings is 1. The number of rotatable bonds is 5. The molecule has 1 saturated heterocycles. The average Bonchev–Trinajstić information content (AvgIpc) is 3.29. The van der Waals surface area contributed by atoms with Crippen molar-refractivity contribution in [3.63, 3.8) is 0 Å². The number of hydrogen-bond donors (Lipinski definition) is 0. The molecule has 1 amide bonds. The number of carbonyl (C=O) groups is 1. The zero-order chi connectivity index (χ0) is 21.0. The van der Waals surface area contributed by atoms with Gasteiger partial charge in [0.2, 0.25) is 5.91 Å². The van der Waals surface area contributed by atoms with Crippen molar-refractivity contribution in [2.24, 2.45) is 0 Å². The lowest BCUT2D eigenvalue weighted by Crippen LogP contribution is -2.48. The van der Waals surface area contributed by atoms with E-state index < -0.39 is 0 Å². The minimum atomic E-state index is 0.176. The summed E-state index contributed by atoms with van der Waals surface area (Å²) in [5.74, 6) is 0.176. The molecule has 4 aromatic rings. The van der Waals surface area contributed by atoms with Crippen LogP contribution in [0.5, 0.6) is 0 Å². The number of pyridine rings is 1. The van der Waals surface area contributed by atoms with Crippen LogP contribution in [0.3, 0.4) is 0 Å². The molecule has 0 unspecified atom stereocenters. The molecule has 1 fully saturated rings. The Bertz CT molecular complexity index is 1170. The summed E-state index contributed by atoms with van der Waals surface area (Å²) in [5, 5.41) is 5.56. The third kappa shape index (κ3) is 4.34. The van der Waals surface area contributed by atoms with Crippen molar-refractivity contribution < 1.29 is 4.79 Å². The van der Waals surface area contributed by atoms with E-state index in [1.54, 1.807) is 6.20 Å². The average molecular weight is 412 g/mol. The quantitative estimate of drug-likeness (QED) is 0.506. The smallest absolute Gasteiger partial charge is 0.227 e. The van der Waals surface area contributed by atoms with Gasteiger partial charge in [-0.05, 0) is 23.8 Å². The van der Waals surface area contributed by atoms with Gasteiger partial charge in [-0.25, -0.2) is 4.68 Å². The molecule has 2 aromatic carbocycles. The van der Waals surface area contributed by atoms with Crippen LogP contribution < -0.4 is 0 Å². The molecule has 5 rings (SSSR count). The first-order valence-corrected chi connectivity index (χ1v) is 10.7. The molecule has 0 radical (unpaired) electrons. The van der Waals surface area contributed by atoms with Crippen molar-refractivity contribution in [1.82, 2.24) is 24.6 Å². The molecule has 2 aromatic heterocycles. The SMILES string of the molecule is O=C(Cc1cccc2cccnc12)N1CCN(Cc2cnn(-c3ccccc3)c2)CC1. The van der Waals surface area contributed by atoms with Crippen LogP contribution in [0.25, 0.3) is 16.6 Å². The lowest BCUT2D eigenvalue weighted by Gasteiger charge is -2.34. The number of amides is 1. The van der Waals surface area contributed by atoms with Crippen molar-refractivity contribution in [2.45, 2.75) is 13.0 Å². The molecule has 156 valence electrons. The van der Waals surface area contributed by atoms with Crippen molar-refractivity contribution in [1.29, 1.82) is 0 Å². The number of benzene rings is 2. The Morgan fingerprint density at radius 1 is 0.903 bits per heavy atom. The zero-order valence-electron chi connectivity index (χ0n) is 17.4. The highest BCUT2D eigenvalue weighted by Gasteiger charge is 2.22. The molecule has 0 aliphatic carbocycles. The Balaban J connectivity index is 1.17. The van der Waals surface area contributed by atoms with E-state index >= 15 is 0 Å². The van der Waals surface area contributed by atoms with Crippen LogP contribution in [-0.4, -0.2) is 56.7 Å².